The molecular weight excluding hydrogens is 640 g/mol. The number of hydrogen-bond acceptors (Lipinski definition) is 19. The summed E-state index contributed by atoms with van der Waals surface area (Å²) >= 11 is 0. The summed E-state index contributed by atoms with van der Waals surface area (Å²) in [5.41, 5.74) is 0. The third-order valence-electron chi connectivity index (χ3n) is 6.17. The molecule has 0 aromatic heterocycles. The van der Waals surface area contributed by atoms with E-state index in [9.17, 15) is 38.4 Å². The van der Waals surface area contributed by atoms with Crippen LogP contribution in [0.2, 0.25) is 0 Å². The molecule has 0 amide bonds. The monoisotopic (exact) mass is 678 g/mol. The highest BCUT2D eigenvalue weighted by molar-refractivity contribution is 5.70. The van der Waals surface area contributed by atoms with Gasteiger partial charge in [0.2, 0.25) is 12.4 Å². The maximum atomic E-state index is 12.3. The lowest BCUT2D eigenvalue weighted by Crippen LogP contribution is -2.67. The van der Waals surface area contributed by atoms with Crippen molar-refractivity contribution in [3.05, 3.63) is 0 Å². The molecular formula is C28H38O19. The molecule has 47 heavy (non-hydrogen) atoms. The maximum absolute atomic E-state index is 12.3. The lowest BCUT2D eigenvalue weighted by Gasteiger charge is -2.48. The van der Waals surface area contributed by atoms with Crippen LogP contribution in [0.1, 0.15) is 55.4 Å². The van der Waals surface area contributed by atoms with E-state index in [-0.39, 0.29) is 0 Å². The van der Waals surface area contributed by atoms with Gasteiger partial charge >= 0.3 is 47.8 Å². The summed E-state index contributed by atoms with van der Waals surface area (Å²) < 4.78 is 60.2. The highest BCUT2D eigenvalue weighted by atomic mass is 16.8. The van der Waals surface area contributed by atoms with E-state index in [0.717, 1.165) is 55.4 Å². The highest BCUT2D eigenvalue weighted by Gasteiger charge is 2.58. The second-order valence-corrected chi connectivity index (χ2v) is 10.3. The summed E-state index contributed by atoms with van der Waals surface area (Å²) in [6.45, 7) is 7.05. The zero-order valence-electron chi connectivity index (χ0n) is 26.9. The summed E-state index contributed by atoms with van der Waals surface area (Å²) in [6.07, 6.45) is -16.3. The minimum atomic E-state index is -1.83. The molecule has 264 valence electrons. The van der Waals surface area contributed by atoms with Crippen LogP contribution in [0.15, 0.2) is 0 Å². The summed E-state index contributed by atoms with van der Waals surface area (Å²) in [7, 11) is 0. The first-order valence-electron chi connectivity index (χ1n) is 14.2. The first kappa shape index (κ1) is 38.8. The van der Waals surface area contributed by atoms with Gasteiger partial charge < -0.3 is 52.1 Å². The Hall–Kier alpha value is -4.36. The number of esters is 8. The zero-order chi connectivity index (χ0) is 35.6. The Bertz CT molecular complexity index is 1200. The Morgan fingerprint density at radius 3 is 1.11 bits per heavy atom. The molecule has 0 aromatic rings. The van der Waals surface area contributed by atoms with Crippen molar-refractivity contribution >= 4 is 47.8 Å². The van der Waals surface area contributed by atoms with Crippen molar-refractivity contribution in [2.75, 3.05) is 13.2 Å². The van der Waals surface area contributed by atoms with E-state index in [4.69, 9.17) is 52.1 Å². The minimum Gasteiger partial charge on any atom is -0.463 e. The van der Waals surface area contributed by atoms with Gasteiger partial charge in [-0.2, -0.15) is 0 Å². The topological polar surface area (TPSA) is 238 Å². The van der Waals surface area contributed by atoms with Gasteiger partial charge in [0.05, 0.1) is 0 Å². The van der Waals surface area contributed by atoms with Gasteiger partial charge in [0.25, 0.3) is 0 Å². The molecule has 2 fully saturated rings. The fourth-order valence-corrected chi connectivity index (χ4v) is 4.73. The van der Waals surface area contributed by atoms with Crippen LogP contribution >= 0.6 is 0 Å². The van der Waals surface area contributed by atoms with E-state index < -0.39 is 122 Å². The van der Waals surface area contributed by atoms with Crippen molar-refractivity contribution in [3.63, 3.8) is 0 Å². The summed E-state index contributed by atoms with van der Waals surface area (Å²) in [4.78, 5) is 96.3. The second kappa shape index (κ2) is 17.5. The number of carbonyl (C=O) groups is 8. The van der Waals surface area contributed by atoms with Crippen LogP contribution in [0.4, 0.5) is 0 Å². The Kier molecular flexibility index (Phi) is 14.5. The van der Waals surface area contributed by atoms with E-state index in [2.05, 4.69) is 0 Å². The van der Waals surface area contributed by atoms with Crippen LogP contribution in [-0.4, -0.2) is 122 Å². The smallest absolute Gasteiger partial charge is 0.305 e. The molecule has 0 bridgehead atoms. The van der Waals surface area contributed by atoms with Crippen LogP contribution in [-0.2, 0) is 90.5 Å². The molecule has 2 saturated heterocycles. The molecule has 0 aromatic carbocycles. The van der Waals surface area contributed by atoms with Crippen molar-refractivity contribution in [3.8, 4) is 0 Å². The second-order valence-electron chi connectivity index (χ2n) is 10.3. The van der Waals surface area contributed by atoms with Crippen LogP contribution in [0.25, 0.3) is 0 Å². The molecule has 0 saturated carbocycles. The standard InChI is InChI=1S/C28H38O19/c1-11(29)37-9-19-21(39-13(3)31)23(40-14(4)32)26(43-17(7)35)28(46-19)47-22-20(10-38-12(2)30)45-27(44-18(8)36)25(42-16(6)34)24(22)41-15(5)33/h19-28H,9-10H2,1-8H3/t19?,20?,21-,22-,23+,24+,25?,26?,27-,28+/m1/s1. The van der Waals surface area contributed by atoms with Crippen LogP contribution in [0.5, 0.6) is 0 Å². The van der Waals surface area contributed by atoms with Crippen LogP contribution in [0.3, 0.4) is 0 Å². The molecule has 2 heterocycles. The summed E-state index contributed by atoms with van der Waals surface area (Å²) in [5.74, 6) is -7.02. The first-order chi connectivity index (χ1) is 21.9. The number of ether oxygens (including phenoxy) is 11. The SMILES string of the molecule is CC(=O)OCC1O[C@@H](O[C@@H]2C(COC(C)=O)O[C@@H](OC(C)=O)C(OC(C)=O)[C@H]2OC(C)=O)C(OC(C)=O)[C@@H](OC(C)=O)[C@@H]1OC(C)=O. The van der Waals surface area contributed by atoms with Crippen LogP contribution in [0, 0.1) is 0 Å². The Labute approximate surface area is 268 Å². The van der Waals surface area contributed by atoms with Crippen molar-refractivity contribution in [1.29, 1.82) is 0 Å². The molecule has 2 rings (SSSR count). The molecule has 4 unspecified atom stereocenters. The number of hydrogen-bond donors (Lipinski definition) is 0. The molecule has 0 N–H and O–H groups in total. The third kappa shape index (κ3) is 12.1. The van der Waals surface area contributed by atoms with Crippen molar-refractivity contribution < 1.29 is 90.5 Å². The Morgan fingerprint density at radius 2 is 0.702 bits per heavy atom. The number of rotatable bonds is 12. The molecule has 0 radical (unpaired) electrons. The van der Waals surface area contributed by atoms with Gasteiger partial charge in [0.1, 0.15) is 31.5 Å². The number of carbonyl (C=O) groups excluding carboxylic acids is 8. The van der Waals surface area contributed by atoms with Crippen molar-refractivity contribution in [2.24, 2.45) is 0 Å². The van der Waals surface area contributed by atoms with E-state index >= 15 is 0 Å². The zero-order valence-corrected chi connectivity index (χ0v) is 26.9. The lowest BCUT2D eigenvalue weighted by atomic mass is 9.96. The normalized spacial score (nSPS) is 30.0. The van der Waals surface area contributed by atoms with E-state index in [1.54, 1.807) is 0 Å². The Morgan fingerprint density at radius 1 is 0.383 bits per heavy atom. The van der Waals surface area contributed by atoms with Gasteiger partial charge in [0.15, 0.2) is 30.7 Å². The van der Waals surface area contributed by atoms with Gasteiger partial charge in [-0.15, -0.1) is 0 Å². The highest BCUT2D eigenvalue weighted by Crippen LogP contribution is 2.35. The van der Waals surface area contributed by atoms with Crippen LogP contribution < -0.4 is 0 Å². The molecule has 19 heteroatoms. The van der Waals surface area contributed by atoms with E-state index in [0.29, 0.717) is 0 Å². The quantitative estimate of drug-likeness (QED) is 0.181. The van der Waals surface area contributed by atoms with Gasteiger partial charge in [0, 0.05) is 55.4 Å². The summed E-state index contributed by atoms with van der Waals surface area (Å²) in [6, 6.07) is 0. The summed E-state index contributed by atoms with van der Waals surface area (Å²) in [5, 5.41) is 0. The van der Waals surface area contributed by atoms with Gasteiger partial charge in [-0.05, 0) is 0 Å². The average Bonchev–Trinajstić information content (AvgIpc) is 2.91. The van der Waals surface area contributed by atoms with E-state index in [1.165, 1.54) is 0 Å². The molecule has 19 nitrogen and oxygen atoms in total. The minimum absolute atomic E-state index is 0.590. The largest absolute Gasteiger partial charge is 0.463 e. The molecule has 0 aliphatic carbocycles. The fourth-order valence-electron chi connectivity index (χ4n) is 4.73. The van der Waals surface area contributed by atoms with Gasteiger partial charge in [-0.25, -0.2) is 0 Å². The van der Waals surface area contributed by atoms with Gasteiger partial charge in [-0.3, -0.25) is 38.4 Å². The molecule has 10 atom stereocenters. The molecule has 0 spiro atoms. The predicted octanol–water partition coefficient (Wildman–Crippen LogP) is -0.831. The predicted molar refractivity (Wildman–Crippen MR) is 145 cm³/mol. The average molecular weight is 679 g/mol. The van der Waals surface area contributed by atoms with Crippen molar-refractivity contribution in [2.45, 2.75) is 117 Å². The fraction of sp³-hybridized carbons (Fsp3) is 0.714. The lowest BCUT2D eigenvalue weighted by molar-refractivity contribution is -0.357. The van der Waals surface area contributed by atoms with E-state index in [1.807, 2.05) is 0 Å². The molecule has 2 aliphatic heterocycles. The maximum Gasteiger partial charge on any atom is 0.305 e. The first-order valence-corrected chi connectivity index (χ1v) is 14.2. The third-order valence-corrected chi connectivity index (χ3v) is 6.17. The van der Waals surface area contributed by atoms with Gasteiger partial charge in [-0.1, -0.05) is 0 Å². The Balaban J connectivity index is 2.73. The molecule has 2 aliphatic rings. The van der Waals surface area contributed by atoms with Crippen molar-refractivity contribution in [1.82, 2.24) is 0 Å².